The largest absolute Gasteiger partial charge is 0.427 e. The summed E-state index contributed by atoms with van der Waals surface area (Å²) in [7, 11) is 0. The van der Waals surface area contributed by atoms with E-state index in [0.29, 0.717) is 43.4 Å². The predicted octanol–water partition coefficient (Wildman–Crippen LogP) is 10.2. The molecule has 0 saturated carbocycles. The molecule has 5 aromatic carbocycles. The molecule has 0 bridgehead atoms. The Hall–Kier alpha value is -5.43. The average molecular weight is 648 g/mol. The average Bonchev–Trinajstić information content (AvgIpc) is 3.02. The molecule has 0 N–H and O–H groups in total. The Balaban J connectivity index is 1.11. The molecule has 47 heavy (non-hydrogen) atoms. The van der Waals surface area contributed by atoms with Crippen LogP contribution in [-0.2, 0) is 11.2 Å². The molecule has 10 heteroatoms. The zero-order chi connectivity index (χ0) is 33.7. The topological polar surface area (TPSA) is 50.1 Å². The minimum Gasteiger partial charge on any atom is -0.427 e. The van der Waals surface area contributed by atoms with Crippen molar-refractivity contribution in [2.75, 3.05) is 0 Å². The number of benzene rings is 5. The molecule has 0 fully saturated rings. The molecule has 0 unspecified atom stereocenters. The van der Waals surface area contributed by atoms with E-state index in [2.05, 4.69) is 0 Å². The minimum absolute atomic E-state index is 0.125. The summed E-state index contributed by atoms with van der Waals surface area (Å²) in [4.78, 5) is 12.3. The third-order valence-electron chi connectivity index (χ3n) is 7.51. The maximum atomic E-state index is 14.9. The van der Waals surface area contributed by atoms with E-state index in [-0.39, 0.29) is 28.9 Å². The number of ether oxygens (including phenoxy) is 1. The van der Waals surface area contributed by atoms with E-state index in [0.717, 1.165) is 29.8 Å². The monoisotopic (exact) mass is 647 g/mol. The lowest BCUT2D eigenvalue weighted by atomic mass is 9.97. The van der Waals surface area contributed by atoms with E-state index in [1.807, 2.05) is 0 Å². The van der Waals surface area contributed by atoms with Gasteiger partial charge in [0.05, 0.1) is 5.56 Å². The number of halogens is 7. The smallest absolute Gasteiger partial charge is 0.311 e. The van der Waals surface area contributed by atoms with Crippen molar-refractivity contribution in [3.8, 4) is 45.2 Å². The zero-order valence-electron chi connectivity index (χ0n) is 24.5. The van der Waals surface area contributed by atoms with Crippen molar-refractivity contribution in [3.05, 3.63) is 137 Å². The molecule has 0 aliphatic heterocycles. The van der Waals surface area contributed by atoms with E-state index in [1.54, 1.807) is 6.07 Å². The summed E-state index contributed by atoms with van der Waals surface area (Å²) in [5.74, 6) is -7.49. The molecule has 5 rings (SSSR count). The first-order valence-corrected chi connectivity index (χ1v) is 14.5. The summed E-state index contributed by atoms with van der Waals surface area (Å²) < 4.78 is 104. The molecule has 238 valence electrons. The van der Waals surface area contributed by atoms with E-state index < -0.39 is 63.4 Å². The number of carbonyl (C=O) groups is 1. The number of nitrogens with zero attached hydrogens (tertiary/aromatic N) is 1. The highest BCUT2D eigenvalue weighted by molar-refractivity contribution is 5.74. The van der Waals surface area contributed by atoms with E-state index in [4.69, 9.17) is 10.00 Å². The van der Waals surface area contributed by atoms with Gasteiger partial charge in [-0.2, -0.15) is 5.26 Å². The Morgan fingerprint density at radius 2 is 1.19 bits per heavy atom. The van der Waals surface area contributed by atoms with Crippen molar-refractivity contribution in [3.63, 3.8) is 0 Å². The van der Waals surface area contributed by atoms with Crippen LogP contribution in [0.3, 0.4) is 0 Å². The highest BCUT2D eigenvalue weighted by atomic mass is 19.2. The van der Waals surface area contributed by atoms with Crippen molar-refractivity contribution in [2.24, 2.45) is 0 Å². The summed E-state index contributed by atoms with van der Waals surface area (Å²) >= 11 is 0. The lowest BCUT2D eigenvalue weighted by Gasteiger charge is -2.11. The number of hydrogen-bond acceptors (Lipinski definition) is 3. The van der Waals surface area contributed by atoms with Crippen molar-refractivity contribution in [2.45, 2.75) is 32.1 Å². The molecule has 0 aromatic heterocycles. The second-order valence-corrected chi connectivity index (χ2v) is 10.7. The number of esters is 1. The Kier molecular flexibility index (Phi) is 10.0. The van der Waals surface area contributed by atoms with Crippen LogP contribution in [0.25, 0.3) is 33.4 Å². The molecule has 0 saturated heterocycles. The molecule has 0 heterocycles. The molecule has 0 radical (unpaired) electrons. The van der Waals surface area contributed by atoms with Gasteiger partial charge in [0.1, 0.15) is 46.5 Å². The molecular weight excluding hydrogens is 623 g/mol. The van der Waals surface area contributed by atoms with Crippen molar-refractivity contribution in [1.29, 1.82) is 5.26 Å². The van der Waals surface area contributed by atoms with Gasteiger partial charge in [-0.25, -0.2) is 30.7 Å². The highest BCUT2D eigenvalue weighted by Crippen LogP contribution is 2.33. The number of carbonyl (C=O) groups excluding carboxylic acids is 1. The van der Waals surface area contributed by atoms with Crippen LogP contribution in [0.15, 0.2) is 84.9 Å². The fourth-order valence-corrected chi connectivity index (χ4v) is 5.12. The standard InChI is InChI=1S/C37H24F7NO2/c38-29-13-9-23(15-33(29)42)27-12-6-21(14-30(27)39)4-2-1-3-5-36(46)47-26-10-7-22(8-11-26)24-16-34(43)37(35(44)17-24)25-18-31(40)28(20-45)32(41)19-25/h6-19H,1-5H2. The van der Waals surface area contributed by atoms with Crippen molar-refractivity contribution < 1.29 is 40.3 Å². The third kappa shape index (κ3) is 7.69. The van der Waals surface area contributed by atoms with Crippen molar-refractivity contribution >= 4 is 5.97 Å². The van der Waals surface area contributed by atoms with Crippen LogP contribution in [0.5, 0.6) is 5.75 Å². The Bertz CT molecular complexity index is 1960. The molecule has 0 aliphatic rings. The first-order valence-electron chi connectivity index (χ1n) is 14.5. The second-order valence-electron chi connectivity index (χ2n) is 10.7. The fourth-order valence-electron chi connectivity index (χ4n) is 5.12. The lowest BCUT2D eigenvalue weighted by molar-refractivity contribution is -0.134. The van der Waals surface area contributed by atoms with Gasteiger partial charge in [0.15, 0.2) is 11.6 Å². The first-order chi connectivity index (χ1) is 22.5. The zero-order valence-corrected chi connectivity index (χ0v) is 24.5. The van der Waals surface area contributed by atoms with Gasteiger partial charge in [-0.1, -0.05) is 36.8 Å². The maximum absolute atomic E-state index is 14.9. The van der Waals surface area contributed by atoms with Crippen LogP contribution in [0.2, 0.25) is 0 Å². The number of rotatable bonds is 10. The lowest BCUT2D eigenvalue weighted by Crippen LogP contribution is -2.07. The Morgan fingerprint density at radius 1 is 0.574 bits per heavy atom. The van der Waals surface area contributed by atoms with Gasteiger partial charge in [-0.05, 0) is 102 Å². The molecule has 0 atom stereocenters. The van der Waals surface area contributed by atoms with Gasteiger partial charge in [0, 0.05) is 12.0 Å². The third-order valence-corrected chi connectivity index (χ3v) is 7.51. The Labute approximate surface area is 265 Å². The van der Waals surface area contributed by atoms with Crippen LogP contribution in [-0.4, -0.2) is 5.97 Å². The number of unbranched alkanes of at least 4 members (excludes halogenated alkanes) is 2. The molecule has 0 amide bonds. The second kappa shape index (κ2) is 14.3. The van der Waals surface area contributed by atoms with Crippen LogP contribution < -0.4 is 4.74 Å². The number of hydrogen-bond donors (Lipinski definition) is 0. The molecule has 0 spiro atoms. The van der Waals surface area contributed by atoms with E-state index >= 15 is 0 Å². The van der Waals surface area contributed by atoms with Gasteiger partial charge < -0.3 is 4.74 Å². The summed E-state index contributed by atoms with van der Waals surface area (Å²) in [6, 6.07) is 18.4. The normalized spacial score (nSPS) is 10.9. The van der Waals surface area contributed by atoms with Gasteiger partial charge in [0.2, 0.25) is 0 Å². The summed E-state index contributed by atoms with van der Waals surface area (Å²) in [5, 5.41) is 8.81. The van der Waals surface area contributed by atoms with Crippen molar-refractivity contribution in [1.82, 2.24) is 0 Å². The predicted molar refractivity (Wildman–Crippen MR) is 161 cm³/mol. The summed E-state index contributed by atoms with van der Waals surface area (Å²) in [5.41, 5.74) is -0.251. The molecular formula is C37H24F7NO2. The SMILES string of the molecule is N#Cc1c(F)cc(-c2c(F)cc(-c3ccc(OC(=O)CCCCCc4ccc(-c5ccc(F)c(F)c5)c(F)c4)cc3)cc2F)cc1F. The highest BCUT2D eigenvalue weighted by Gasteiger charge is 2.19. The maximum Gasteiger partial charge on any atom is 0.311 e. The number of nitriles is 1. The quantitative estimate of drug-likeness (QED) is 0.0656. The van der Waals surface area contributed by atoms with Crippen LogP contribution >= 0.6 is 0 Å². The van der Waals surface area contributed by atoms with E-state index in [9.17, 15) is 35.5 Å². The molecule has 0 aliphatic carbocycles. The van der Waals surface area contributed by atoms with Gasteiger partial charge in [-0.3, -0.25) is 4.79 Å². The summed E-state index contributed by atoms with van der Waals surface area (Å²) in [6.07, 6.45) is 2.53. The number of aryl methyl sites for hydroxylation is 1. The summed E-state index contributed by atoms with van der Waals surface area (Å²) in [6.45, 7) is 0. The first kappa shape index (κ1) is 32.9. The Morgan fingerprint density at radius 3 is 1.81 bits per heavy atom. The fraction of sp³-hybridized carbons (Fsp3) is 0.135. The minimum atomic E-state index is -1.24. The van der Waals surface area contributed by atoms with Crippen LogP contribution in [0, 0.1) is 52.1 Å². The van der Waals surface area contributed by atoms with Gasteiger partial charge in [0.25, 0.3) is 0 Å². The molecule has 5 aromatic rings. The van der Waals surface area contributed by atoms with Crippen LogP contribution in [0.4, 0.5) is 30.7 Å². The molecule has 3 nitrogen and oxygen atoms in total. The van der Waals surface area contributed by atoms with Gasteiger partial charge >= 0.3 is 5.97 Å². The van der Waals surface area contributed by atoms with Crippen LogP contribution in [0.1, 0.15) is 36.8 Å². The van der Waals surface area contributed by atoms with E-state index in [1.165, 1.54) is 48.5 Å². The van der Waals surface area contributed by atoms with Gasteiger partial charge in [-0.15, -0.1) is 0 Å².